The zero-order valence-electron chi connectivity index (χ0n) is 21.5. The molecule has 1 aliphatic carbocycles. The third kappa shape index (κ3) is 4.90. The largest absolute Gasteiger partial charge is 0.457 e. The van der Waals surface area contributed by atoms with Crippen LogP contribution in [0.4, 0.5) is 10.2 Å². The van der Waals surface area contributed by atoms with Gasteiger partial charge in [-0.2, -0.15) is 10.4 Å². The molecule has 0 bridgehead atoms. The lowest BCUT2D eigenvalue weighted by Crippen LogP contribution is -2.36. The van der Waals surface area contributed by atoms with Crippen molar-refractivity contribution in [2.24, 2.45) is 11.7 Å². The number of nitrogen functional groups attached to an aromatic ring is 1. The molecule has 3 heterocycles. The number of anilines is 1. The number of carbonyl (C=O) groups excluding carboxylic acids is 1. The lowest BCUT2D eigenvalue weighted by atomic mass is 9.90. The van der Waals surface area contributed by atoms with Crippen molar-refractivity contribution >= 4 is 22.6 Å². The molecular weight excluding hydrogens is 511 g/mol. The van der Waals surface area contributed by atoms with Gasteiger partial charge in [0.2, 0.25) is 0 Å². The predicted octanol–water partition coefficient (Wildman–Crippen LogP) is 3.50. The molecule has 1 unspecified atom stereocenters. The van der Waals surface area contributed by atoms with E-state index in [-0.39, 0.29) is 41.0 Å². The zero-order valence-corrected chi connectivity index (χ0v) is 21.5. The number of halogens is 1. The van der Waals surface area contributed by atoms with Crippen LogP contribution in [0.25, 0.3) is 22.3 Å². The average molecular weight is 539 g/mol. The van der Waals surface area contributed by atoms with E-state index in [9.17, 15) is 10.1 Å². The Morgan fingerprint density at radius 2 is 2.02 bits per heavy atom. The molecule has 0 radical (unpaired) electrons. The molecule has 0 spiro atoms. The van der Waals surface area contributed by atoms with Gasteiger partial charge in [0.1, 0.15) is 41.2 Å². The number of aromatic nitrogens is 4. The summed E-state index contributed by atoms with van der Waals surface area (Å²) in [4.78, 5) is 21.8. The second-order valence-electron chi connectivity index (χ2n) is 10.3. The minimum atomic E-state index is -0.560. The van der Waals surface area contributed by atoms with Crippen molar-refractivity contribution in [1.29, 1.82) is 5.26 Å². The summed E-state index contributed by atoms with van der Waals surface area (Å²) in [6.07, 6.45) is 5.02. The van der Waals surface area contributed by atoms with Crippen LogP contribution in [-0.4, -0.2) is 43.7 Å². The first-order valence-electron chi connectivity index (χ1n) is 13.0. The van der Waals surface area contributed by atoms with Gasteiger partial charge in [0, 0.05) is 29.1 Å². The second kappa shape index (κ2) is 10.1. The number of allylic oxidation sites excluding steroid dienone is 1. The molecule has 2 aromatic heterocycles. The summed E-state index contributed by atoms with van der Waals surface area (Å²) in [5.41, 5.74) is 12.8. The van der Waals surface area contributed by atoms with Crippen molar-refractivity contribution in [1.82, 2.24) is 25.1 Å². The van der Waals surface area contributed by atoms with E-state index in [1.807, 2.05) is 24.3 Å². The van der Waals surface area contributed by atoms with E-state index in [4.69, 9.17) is 16.2 Å². The Kier molecular flexibility index (Phi) is 6.50. The van der Waals surface area contributed by atoms with Crippen LogP contribution in [0.5, 0.6) is 11.5 Å². The summed E-state index contributed by atoms with van der Waals surface area (Å²) in [5.74, 6) is -0.141. The van der Waals surface area contributed by atoms with Crippen LogP contribution >= 0.6 is 0 Å². The van der Waals surface area contributed by atoms with E-state index in [2.05, 4.69) is 20.4 Å². The second-order valence-corrected chi connectivity index (χ2v) is 10.3. The number of benzene rings is 2. The molecule has 40 heavy (non-hydrogen) atoms. The van der Waals surface area contributed by atoms with E-state index in [0.717, 1.165) is 12.8 Å². The Balaban J connectivity index is 1.31. The molecule has 5 N–H and O–H groups in total. The fourth-order valence-corrected chi connectivity index (χ4v) is 5.12. The Morgan fingerprint density at radius 3 is 2.75 bits per heavy atom. The number of nitrogens with two attached hydrogens (primary N) is 2. The first kappa shape index (κ1) is 25.6. The highest BCUT2D eigenvalue weighted by atomic mass is 19.1. The van der Waals surface area contributed by atoms with Crippen molar-refractivity contribution in [3.05, 3.63) is 72.3 Å². The van der Waals surface area contributed by atoms with Gasteiger partial charge in [0.25, 0.3) is 0 Å². The van der Waals surface area contributed by atoms with Gasteiger partial charge in [-0.25, -0.2) is 19.0 Å². The number of Topliss-reactive ketones (excluding diaryl/α,β-unsaturated/α-hetero) is 1. The maximum atomic E-state index is 15.4. The number of para-hydroxylation sites is 1. The van der Waals surface area contributed by atoms with Crippen LogP contribution in [-0.2, 0) is 11.3 Å². The van der Waals surface area contributed by atoms with Crippen LogP contribution in [0.15, 0.2) is 66.5 Å². The highest BCUT2D eigenvalue weighted by molar-refractivity contribution is 6.01. The van der Waals surface area contributed by atoms with E-state index in [1.54, 1.807) is 35.0 Å². The SMILES string of the molecule is N#CC(=CC1(N)CC1)C(=O)C1CCN[C@@H]1Cn1nc(-c2ccc(Oc3ccccc3)cc2F)c2c(N)ncnc21. The van der Waals surface area contributed by atoms with Crippen molar-refractivity contribution in [2.45, 2.75) is 37.4 Å². The van der Waals surface area contributed by atoms with Crippen LogP contribution in [0, 0.1) is 23.1 Å². The molecule has 1 saturated carbocycles. The van der Waals surface area contributed by atoms with Crippen LogP contribution in [0.1, 0.15) is 19.3 Å². The van der Waals surface area contributed by atoms with Gasteiger partial charge in [0.15, 0.2) is 11.4 Å². The third-order valence-corrected chi connectivity index (χ3v) is 7.43. The molecule has 10 nitrogen and oxygen atoms in total. The van der Waals surface area contributed by atoms with Crippen LogP contribution in [0.2, 0.25) is 0 Å². The normalized spacial score (nSPS) is 19.9. The molecular formula is C29H27FN8O2. The number of carbonyl (C=O) groups is 1. The van der Waals surface area contributed by atoms with E-state index >= 15 is 4.39 Å². The summed E-state index contributed by atoms with van der Waals surface area (Å²) in [6, 6.07) is 15.3. The molecule has 2 aliphatic rings. The molecule has 2 fully saturated rings. The fraction of sp³-hybridized carbons (Fsp3) is 0.276. The zero-order chi connectivity index (χ0) is 27.9. The number of fused-ring (bicyclic) bond motifs is 1. The number of rotatable bonds is 8. The van der Waals surface area contributed by atoms with Crippen molar-refractivity contribution < 1.29 is 13.9 Å². The van der Waals surface area contributed by atoms with Gasteiger partial charge < -0.3 is 21.5 Å². The summed E-state index contributed by atoms with van der Waals surface area (Å²) in [7, 11) is 0. The molecule has 2 atom stereocenters. The Morgan fingerprint density at radius 1 is 1.23 bits per heavy atom. The molecule has 11 heteroatoms. The van der Waals surface area contributed by atoms with Crippen molar-refractivity contribution in [3.8, 4) is 28.8 Å². The Hall–Kier alpha value is -4.66. The van der Waals surface area contributed by atoms with Gasteiger partial charge in [0.05, 0.1) is 17.5 Å². The van der Waals surface area contributed by atoms with E-state index in [0.29, 0.717) is 35.5 Å². The molecule has 6 rings (SSSR count). The summed E-state index contributed by atoms with van der Waals surface area (Å²) in [5, 5.41) is 18.1. The molecule has 202 valence electrons. The first-order chi connectivity index (χ1) is 19.3. The first-order valence-corrected chi connectivity index (χ1v) is 13.0. The topological polar surface area (TPSA) is 158 Å². The van der Waals surface area contributed by atoms with Gasteiger partial charge >= 0.3 is 0 Å². The number of nitrogens with one attached hydrogen (secondary N) is 1. The monoisotopic (exact) mass is 538 g/mol. The molecule has 1 saturated heterocycles. The lowest BCUT2D eigenvalue weighted by molar-refractivity contribution is -0.119. The molecule has 2 aromatic carbocycles. The summed E-state index contributed by atoms with van der Waals surface area (Å²) in [6.45, 7) is 0.862. The molecule has 4 aromatic rings. The average Bonchev–Trinajstić information content (AvgIpc) is 3.32. The van der Waals surface area contributed by atoms with Crippen molar-refractivity contribution in [2.75, 3.05) is 12.3 Å². The van der Waals surface area contributed by atoms with Gasteiger partial charge in [-0.1, -0.05) is 18.2 Å². The molecule has 1 aliphatic heterocycles. The number of hydrogen-bond acceptors (Lipinski definition) is 9. The smallest absolute Gasteiger partial charge is 0.177 e. The standard InChI is InChI=1S/C29H27FN8O2/c30-22-12-19(40-18-4-2-1-3-5-18)6-7-20(22)25-24-27(32)35-16-36-28(24)38(37-25)15-23-21(8-11-34-23)26(39)17(14-31)13-29(33)9-10-29/h1-7,12-13,16,21,23,34H,8-11,15,33H2,(H2,32,35,36)/t21?,23-/m1/s1. The van der Waals surface area contributed by atoms with Crippen molar-refractivity contribution in [3.63, 3.8) is 0 Å². The number of nitriles is 1. The van der Waals surface area contributed by atoms with Crippen LogP contribution in [0.3, 0.4) is 0 Å². The van der Waals surface area contributed by atoms with Gasteiger partial charge in [-0.05, 0) is 56.1 Å². The van der Waals surface area contributed by atoms with Gasteiger partial charge in [-0.15, -0.1) is 0 Å². The quantitative estimate of drug-likeness (QED) is 0.225. The maximum absolute atomic E-state index is 15.4. The summed E-state index contributed by atoms with van der Waals surface area (Å²) >= 11 is 0. The van der Waals surface area contributed by atoms with E-state index < -0.39 is 17.3 Å². The fourth-order valence-electron chi connectivity index (χ4n) is 5.12. The minimum absolute atomic E-state index is 0.0937. The molecule has 0 amide bonds. The Labute approximate surface area is 229 Å². The Bertz CT molecular complexity index is 1670. The number of ether oxygens (including phenoxy) is 1. The lowest BCUT2D eigenvalue weighted by Gasteiger charge is -2.19. The van der Waals surface area contributed by atoms with E-state index in [1.165, 1.54) is 12.4 Å². The predicted molar refractivity (Wildman–Crippen MR) is 146 cm³/mol. The maximum Gasteiger partial charge on any atom is 0.177 e. The highest BCUT2D eigenvalue weighted by Crippen LogP contribution is 2.36. The number of ketones is 1. The highest BCUT2D eigenvalue weighted by Gasteiger charge is 2.40. The summed E-state index contributed by atoms with van der Waals surface area (Å²) < 4.78 is 22.8. The third-order valence-electron chi connectivity index (χ3n) is 7.43. The number of hydrogen-bond donors (Lipinski definition) is 3. The van der Waals surface area contributed by atoms with Crippen LogP contribution < -0.4 is 21.5 Å². The van der Waals surface area contributed by atoms with Gasteiger partial charge in [-0.3, -0.25) is 4.79 Å². The minimum Gasteiger partial charge on any atom is -0.457 e. The number of nitrogens with zero attached hydrogens (tertiary/aromatic N) is 5.